The highest BCUT2D eigenvalue weighted by atomic mass is 16.7. The first-order valence-corrected chi connectivity index (χ1v) is 7.91. The van der Waals surface area contributed by atoms with Crippen molar-refractivity contribution in [2.75, 3.05) is 6.79 Å². The van der Waals surface area contributed by atoms with Gasteiger partial charge in [-0.3, -0.25) is 4.79 Å². The van der Waals surface area contributed by atoms with Crippen LogP contribution in [0.3, 0.4) is 0 Å². The molecular formula is C19H19N3O3. The number of nitrogens with one attached hydrogen (secondary N) is 1. The third kappa shape index (κ3) is 3.36. The van der Waals surface area contributed by atoms with E-state index in [2.05, 4.69) is 5.32 Å². The van der Waals surface area contributed by atoms with Gasteiger partial charge in [-0.1, -0.05) is 6.07 Å². The lowest BCUT2D eigenvalue weighted by atomic mass is 10.1. The molecule has 3 rings (SSSR count). The molecule has 0 radical (unpaired) electrons. The van der Waals surface area contributed by atoms with Crippen LogP contribution in [0.2, 0.25) is 0 Å². The number of nitriles is 1. The maximum absolute atomic E-state index is 12.3. The minimum Gasteiger partial charge on any atom is -0.454 e. The molecule has 0 saturated carbocycles. The molecule has 0 spiro atoms. The van der Waals surface area contributed by atoms with Gasteiger partial charge in [-0.25, -0.2) is 0 Å². The first-order valence-electron chi connectivity index (χ1n) is 7.91. The second-order valence-corrected chi connectivity index (χ2v) is 5.93. The molecule has 128 valence electrons. The molecule has 0 fully saturated rings. The Labute approximate surface area is 146 Å². The van der Waals surface area contributed by atoms with E-state index in [9.17, 15) is 10.1 Å². The normalized spacial score (nSPS) is 12.8. The van der Waals surface area contributed by atoms with Crippen molar-refractivity contribution in [3.63, 3.8) is 0 Å². The Morgan fingerprint density at radius 2 is 2.08 bits per heavy atom. The average molecular weight is 337 g/mol. The van der Waals surface area contributed by atoms with Crippen molar-refractivity contribution < 1.29 is 14.3 Å². The lowest BCUT2D eigenvalue weighted by Gasteiger charge is -2.06. The van der Waals surface area contributed by atoms with Crippen molar-refractivity contribution in [2.24, 2.45) is 7.05 Å². The number of aromatic nitrogens is 1. The van der Waals surface area contributed by atoms with Gasteiger partial charge < -0.3 is 19.4 Å². The summed E-state index contributed by atoms with van der Waals surface area (Å²) in [6.45, 7) is 4.46. The third-order valence-electron chi connectivity index (χ3n) is 4.37. The van der Waals surface area contributed by atoms with Crippen LogP contribution in [-0.2, 0) is 18.4 Å². The maximum atomic E-state index is 12.3. The van der Waals surface area contributed by atoms with Gasteiger partial charge in [0, 0.05) is 25.0 Å². The van der Waals surface area contributed by atoms with Crippen molar-refractivity contribution in [3.8, 4) is 17.6 Å². The monoisotopic (exact) mass is 337 g/mol. The van der Waals surface area contributed by atoms with Gasteiger partial charge in [0.05, 0.1) is 0 Å². The molecule has 6 nitrogen and oxygen atoms in total. The number of carbonyl (C=O) groups excluding carboxylic acids is 1. The number of nitrogens with zero attached hydrogens (tertiary/aromatic N) is 2. The molecule has 1 amide bonds. The van der Waals surface area contributed by atoms with Crippen LogP contribution in [0.5, 0.6) is 11.5 Å². The van der Waals surface area contributed by atoms with Gasteiger partial charge in [0.1, 0.15) is 11.6 Å². The fourth-order valence-corrected chi connectivity index (χ4v) is 2.66. The van der Waals surface area contributed by atoms with Crippen LogP contribution in [0, 0.1) is 25.2 Å². The Morgan fingerprint density at radius 3 is 2.76 bits per heavy atom. The topological polar surface area (TPSA) is 76.3 Å². The lowest BCUT2D eigenvalue weighted by molar-refractivity contribution is -0.117. The summed E-state index contributed by atoms with van der Waals surface area (Å²) in [5.41, 5.74) is 3.90. The fourth-order valence-electron chi connectivity index (χ4n) is 2.66. The van der Waals surface area contributed by atoms with Crippen molar-refractivity contribution in [2.45, 2.75) is 20.4 Å². The van der Waals surface area contributed by atoms with E-state index < -0.39 is 5.91 Å². The van der Waals surface area contributed by atoms with E-state index in [1.165, 1.54) is 0 Å². The number of hydrogen-bond donors (Lipinski definition) is 1. The fraction of sp³-hybridized carbons (Fsp3) is 0.263. The zero-order valence-electron chi connectivity index (χ0n) is 14.4. The SMILES string of the molecule is Cc1cc(/C=C(\C#N)C(=O)NCc2ccc3c(c2)OCO3)c(C)n1C. The minimum absolute atomic E-state index is 0.0782. The lowest BCUT2D eigenvalue weighted by Crippen LogP contribution is -2.23. The molecule has 1 aromatic carbocycles. The summed E-state index contributed by atoms with van der Waals surface area (Å²) in [6, 6.07) is 9.42. The van der Waals surface area contributed by atoms with Gasteiger partial charge in [0.2, 0.25) is 6.79 Å². The van der Waals surface area contributed by atoms with Crippen LogP contribution >= 0.6 is 0 Å². The highest BCUT2D eigenvalue weighted by molar-refractivity contribution is 6.01. The zero-order valence-corrected chi connectivity index (χ0v) is 14.4. The molecule has 6 heteroatoms. The first kappa shape index (κ1) is 16.7. The van der Waals surface area contributed by atoms with Crippen LogP contribution in [0.15, 0.2) is 29.8 Å². The summed E-state index contributed by atoms with van der Waals surface area (Å²) in [5.74, 6) is 0.960. The van der Waals surface area contributed by atoms with E-state index in [1.807, 2.05) is 49.7 Å². The highest BCUT2D eigenvalue weighted by Gasteiger charge is 2.15. The predicted octanol–water partition coefficient (Wildman–Crippen LogP) is 2.59. The Kier molecular flexibility index (Phi) is 4.48. The summed E-state index contributed by atoms with van der Waals surface area (Å²) in [6.07, 6.45) is 1.62. The molecule has 25 heavy (non-hydrogen) atoms. The van der Waals surface area contributed by atoms with E-state index in [1.54, 1.807) is 12.1 Å². The largest absolute Gasteiger partial charge is 0.454 e. The number of rotatable bonds is 4. The molecular weight excluding hydrogens is 318 g/mol. The third-order valence-corrected chi connectivity index (χ3v) is 4.37. The van der Waals surface area contributed by atoms with Crippen LogP contribution in [0.25, 0.3) is 6.08 Å². The summed E-state index contributed by atoms with van der Waals surface area (Å²) in [4.78, 5) is 12.3. The molecule has 0 aliphatic carbocycles. The molecule has 1 N–H and O–H groups in total. The van der Waals surface area contributed by atoms with E-state index in [-0.39, 0.29) is 12.4 Å². The van der Waals surface area contributed by atoms with Crippen molar-refractivity contribution in [1.29, 1.82) is 5.26 Å². The van der Waals surface area contributed by atoms with Gasteiger partial charge in [-0.2, -0.15) is 5.26 Å². The Morgan fingerprint density at radius 1 is 1.32 bits per heavy atom. The van der Waals surface area contributed by atoms with Gasteiger partial charge in [-0.05, 0) is 49.2 Å². The number of ether oxygens (including phenoxy) is 2. The molecule has 0 atom stereocenters. The van der Waals surface area contributed by atoms with E-state index in [4.69, 9.17) is 9.47 Å². The van der Waals surface area contributed by atoms with E-state index >= 15 is 0 Å². The Balaban J connectivity index is 1.71. The standard InChI is InChI=1S/C19H19N3O3/c1-12-6-15(13(2)22(12)3)8-16(9-20)19(23)21-10-14-4-5-17-18(7-14)25-11-24-17/h4-8H,10-11H2,1-3H3,(H,21,23)/b16-8+. The number of amides is 1. The van der Waals surface area contributed by atoms with Crippen molar-refractivity contribution >= 4 is 12.0 Å². The summed E-state index contributed by atoms with van der Waals surface area (Å²) >= 11 is 0. The van der Waals surface area contributed by atoms with Gasteiger partial charge in [0.25, 0.3) is 5.91 Å². The predicted molar refractivity (Wildman–Crippen MR) is 92.9 cm³/mol. The molecule has 1 aliphatic rings. The van der Waals surface area contributed by atoms with E-state index in [0.29, 0.717) is 18.0 Å². The summed E-state index contributed by atoms with van der Waals surface area (Å²) < 4.78 is 12.6. The second kappa shape index (κ2) is 6.73. The zero-order chi connectivity index (χ0) is 18.0. The van der Waals surface area contributed by atoms with Crippen LogP contribution < -0.4 is 14.8 Å². The molecule has 0 bridgehead atoms. The van der Waals surface area contributed by atoms with Crippen molar-refractivity contribution in [1.82, 2.24) is 9.88 Å². The number of aryl methyl sites for hydroxylation is 1. The average Bonchev–Trinajstić information content (AvgIpc) is 3.17. The maximum Gasteiger partial charge on any atom is 0.262 e. The van der Waals surface area contributed by atoms with E-state index in [0.717, 1.165) is 22.5 Å². The number of benzene rings is 1. The number of fused-ring (bicyclic) bond motifs is 1. The first-order chi connectivity index (χ1) is 12.0. The van der Waals surface area contributed by atoms with Crippen LogP contribution in [0.1, 0.15) is 22.5 Å². The highest BCUT2D eigenvalue weighted by Crippen LogP contribution is 2.32. The van der Waals surface area contributed by atoms with Gasteiger partial charge in [-0.15, -0.1) is 0 Å². The molecule has 0 unspecified atom stereocenters. The molecule has 1 aliphatic heterocycles. The van der Waals surface area contributed by atoms with Crippen LogP contribution in [0.4, 0.5) is 0 Å². The number of hydrogen-bond acceptors (Lipinski definition) is 4. The van der Waals surface area contributed by atoms with Gasteiger partial charge in [0.15, 0.2) is 11.5 Å². The van der Waals surface area contributed by atoms with Crippen LogP contribution in [-0.4, -0.2) is 17.3 Å². The quantitative estimate of drug-likeness (QED) is 0.687. The number of carbonyl (C=O) groups is 1. The molecule has 0 saturated heterocycles. The summed E-state index contributed by atoms with van der Waals surface area (Å²) in [7, 11) is 1.95. The summed E-state index contributed by atoms with van der Waals surface area (Å²) in [5, 5.41) is 12.1. The van der Waals surface area contributed by atoms with Gasteiger partial charge >= 0.3 is 0 Å². The Hall–Kier alpha value is -3.20. The smallest absolute Gasteiger partial charge is 0.262 e. The Bertz CT molecular complexity index is 903. The molecule has 2 aromatic rings. The molecule has 2 heterocycles. The molecule has 1 aromatic heterocycles. The van der Waals surface area contributed by atoms with Crippen molar-refractivity contribution in [3.05, 3.63) is 52.4 Å². The second-order valence-electron chi connectivity index (χ2n) is 5.93. The minimum atomic E-state index is -0.402.